The molecule has 0 aliphatic heterocycles. The van der Waals surface area contributed by atoms with E-state index < -0.39 is 11.4 Å². The summed E-state index contributed by atoms with van der Waals surface area (Å²) in [6.07, 6.45) is 4.78. The van der Waals surface area contributed by atoms with E-state index in [-0.39, 0.29) is 6.03 Å². The number of carbonyl (C=O) groups excluding carboxylic acids is 2. The van der Waals surface area contributed by atoms with E-state index in [2.05, 4.69) is 10.6 Å². The van der Waals surface area contributed by atoms with Gasteiger partial charge >= 0.3 is 6.03 Å². The maximum atomic E-state index is 12.0. The van der Waals surface area contributed by atoms with E-state index in [1.807, 2.05) is 24.3 Å². The molecule has 0 radical (unpaired) electrons. The summed E-state index contributed by atoms with van der Waals surface area (Å²) in [5.41, 5.74) is 5.77. The first kappa shape index (κ1) is 17.1. The fraction of sp³-hybridized carbons (Fsp3) is 0.529. The van der Waals surface area contributed by atoms with Crippen molar-refractivity contribution in [2.45, 2.75) is 44.1 Å². The van der Waals surface area contributed by atoms with E-state index in [0.29, 0.717) is 19.4 Å². The number of aryl methyl sites for hydroxylation is 1. The largest absolute Gasteiger partial charge is 0.497 e. The van der Waals surface area contributed by atoms with Gasteiger partial charge in [-0.15, -0.1) is 0 Å². The highest BCUT2D eigenvalue weighted by Crippen LogP contribution is 2.29. The van der Waals surface area contributed by atoms with Gasteiger partial charge in [-0.2, -0.15) is 0 Å². The topological polar surface area (TPSA) is 93.4 Å². The van der Waals surface area contributed by atoms with Gasteiger partial charge in [-0.05, 0) is 43.4 Å². The Balaban J connectivity index is 1.71. The number of amides is 3. The molecule has 23 heavy (non-hydrogen) atoms. The average Bonchev–Trinajstić information content (AvgIpc) is 3.02. The molecule has 6 heteroatoms. The Hall–Kier alpha value is -2.24. The molecule has 0 bridgehead atoms. The zero-order valence-corrected chi connectivity index (χ0v) is 13.6. The number of ether oxygens (including phenoxy) is 1. The molecule has 0 heterocycles. The van der Waals surface area contributed by atoms with E-state index in [9.17, 15) is 9.59 Å². The normalized spacial score (nSPS) is 15.9. The molecule has 0 saturated heterocycles. The Morgan fingerprint density at radius 3 is 2.43 bits per heavy atom. The molecule has 1 aromatic rings. The van der Waals surface area contributed by atoms with Crippen LogP contribution in [-0.2, 0) is 11.2 Å². The van der Waals surface area contributed by atoms with Crippen LogP contribution in [0.4, 0.5) is 4.79 Å². The van der Waals surface area contributed by atoms with Crippen molar-refractivity contribution in [3.05, 3.63) is 29.8 Å². The third-order valence-corrected chi connectivity index (χ3v) is 4.37. The van der Waals surface area contributed by atoms with Gasteiger partial charge in [-0.1, -0.05) is 25.0 Å². The summed E-state index contributed by atoms with van der Waals surface area (Å²) in [6, 6.07) is 7.55. The summed E-state index contributed by atoms with van der Waals surface area (Å²) in [7, 11) is 1.64. The van der Waals surface area contributed by atoms with E-state index in [0.717, 1.165) is 31.4 Å². The van der Waals surface area contributed by atoms with Crippen LogP contribution in [0, 0.1) is 0 Å². The minimum atomic E-state index is -0.861. The van der Waals surface area contributed by atoms with Crippen molar-refractivity contribution in [3.8, 4) is 5.75 Å². The summed E-state index contributed by atoms with van der Waals surface area (Å²) >= 11 is 0. The van der Waals surface area contributed by atoms with Crippen molar-refractivity contribution in [2.75, 3.05) is 13.7 Å². The van der Waals surface area contributed by atoms with Crippen LogP contribution in [0.25, 0.3) is 0 Å². The molecule has 1 aliphatic carbocycles. The molecule has 0 atom stereocenters. The molecule has 4 N–H and O–H groups in total. The fourth-order valence-corrected chi connectivity index (χ4v) is 2.96. The minimum Gasteiger partial charge on any atom is -0.497 e. The summed E-state index contributed by atoms with van der Waals surface area (Å²) < 4.78 is 5.12. The number of nitrogens with two attached hydrogens (primary N) is 1. The summed E-state index contributed by atoms with van der Waals surface area (Å²) in [6.45, 7) is 0.548. The molecule has 1 fully saturated rings. The average molecular weight is 319 g/mol. The molecular weight excluding hydrogens is 294 g/mol. The highest BCUT2D eigenvalue weighted by Gasteiger charge is 2.40. The first-order chi connectivity index (χ1) is 11.1. The van der Waals surface area contributed by atoms with Crippen molar-refractivity contribution in [1.82, 2.24) is 10.6 Å². The Morgan fingerprint density at radius 2 is 1.87 bits per heavy atom. The van der Waals surface area contributed by atoms with Gasteiger partial charge in [0.25, 0.3) is 0 Å². The van der Waals surface area contributed by atoms with Gasteiger partial charge in [-0.3, -0.25) is 4.79 Å². The van der Waals surface area contributed by atoms with Crippen LogP contribution in [0.15, 0.2) is 24.3 Å². The molecule has 0 spiro atoms. The van der Waals surface area contributed by atoms with Crippen LogP contribution < -0.4 is 21.1 Å². The van der Waals surface area contributed by atoms with Crippen molar-refractivity contribution in [1.29, 1.82) is 0 Å². The number of benzene rings is 1. The molecular formula is C17H25N3O3. The zero-order valence-electron chi connectivity index (χ0n) is 13.6. The van der Waals surface area contributed by atoms with Gasteiger partial charge in [0.1, 0.15) is 11.3 Å². The third-order valence-electron chi connectivity index (χ3n) is 4.37. The summed E-state index contributed by atoms with van der Waals surface area (Å²) in [5, 5.41) is 5.56. The molecule has 0 aromatic heterocycles. The lowest BCUT2D eigenvalue weighted by molar-refractivity contribution is -0.123. The molecule has 1 aliphatic rings. The lowest BCUT2D eigenvalue weighted by Gasteiger charge is -2.26. The molecule has 1 aromatic carbocycles. The van der Waals surface area contributed by atoms with Crippen LogP contribution >= 0.6 is 0 Å². The smallest absolute Gasteiger partial charge is 0.315 e. The Kier molecular flexibility index (Phi) is 5.84. The second kappa shape index (κ2) is 7.85. The first-order valence-electron chi connectivity index (χ1n) is 8.04. The van der Waals surface area contributed by atoms with Gasteiger partial charge in [-0.25, -0.2) is 4.79 Å². The zero-order chi connectivity index (χ0) is 16.7. The lowest BCUT2D eigenvalue weighted by atomic mass is 9.97. The SMILES string of the molecule is COc1ccc(CCCNC(=O)NC2(C(N)=O)CCCC2)cc1. The first-order valence-corrected chi connectivity index (χ1v) is 8.04. The number of carbonyl (C=O) groups is 2. The fourth-order valence-electron chi connectivity index (χ4n) is 2.96. The lowest BCUT2D eigenvalue weighted by Crippen LogP contribution is -2.58. The van der Waals surface area contributed by atoms with E-state index >= 15 is 0 Å². The van der Waals surface area contributed by atoms with Crippen LogP contribution in [0.1, 0.15) is 37.7 Å². The maximum absolute atomic E-state index is 12.0. The standard InChI is InChI=1S/C17H25N3O3/c1-23-14-8-6-13(7-9-14)5-4-12-19-16(22)20-17(15(18)21)10-2-3-11-17/h6-9H,2-5,10-12H2,1H3,(H2,18,21)(H2,19,20,22). The molecule has 2 rings (SSSR count). The molecule has 0 unspecified atom stereocenters. The second-order valence-corrected chi connectivity index (χ2v) is 5.99. The molecule has 126 valence electrons. The summed E-state index contributed by atoms with van der Waals surface area (Å²) in [4.78, 5) is 23.6. The quantitative estimate of drug-likeness (QED) is 0.668. The molecule has 3 amide bonds. The third kappa shape index (κ3) is 4.61. The van der Waals surface area contributed by atoms with Crippen LogP contribution in [0.5, 0.6) is 5.75 Å². The monoisotopic (exact) mass is 319 g/mol. The summed E-state index contributed by atoms with van der Waals surface area (Å²) in [5.74, 6) is 0.392. The van der Waals surface area contributed by atoms with Crippen LogP contribution in [0.2, 0.25) is 0 Å². The van der Waals surface area contributed by atoms with E-state index in [1.165, 1.54) is 5.56 Å². The molecule has 6 nitrogen and oxygen atoms in total. The molecule has 1 saturated carbocycles. The van der Waals surface area contributed by atoms with Gasteiger partial charge < -0.3 is 21.1 Å². The Morgan fingerprint density at radius 1 is 1.22 bits per heavy atom. The van der Waals surface area contributed by atoms with Gasteiger partial charge in [0.2, 0.25) is 5.91 Å². The second-order valence-electron chi connectivity index (χ2n) is 5.99. The van der Waals surface area contributed by atoms with Crippen LogP contribution in [-0.4, -0.2) is 31.1 Å². The van der Waals surface area contributed by atoms with Gasteiger partial charge in [0, 0.05) is 6.54 Å². The van der Waals surface area contributed by atoms with Crippen LogP contribution in [0.3, 0.4) is 0 Å². The predicted molar refractivity (Wildman–Crippen MR) is 88.2 cm³/mol. The number of rotatable bonds is 7. The number of nitrogens with one attached hydrogen (secondary N) is 2. The van der Waals surface area contributed by atoms with E-state index in [1.54, 1.807) is 7.11 Å². The van der Waals surface area contributed by atoms with Crippen molar-refractivity contribution in [3.63, 3.8) is 0 Å². The number of methoxy groups -OCH3 is 1. The Bertz CT molecular complexity index is 537. The number of hydrogen-bond donors (Lipinski definition) is 3. The highest BCUT2D eigenvalue weighted by molar-refractivity contribution is 5.90. The Labute approximate surface area is 136 Å². The number of urea groups is 1. The van der Waals surface area contributed by atoms with Crippen molar-refractivity contribution >= 4 is 11.9 Å². The maximum Gasteiger partial charge on any atom is 0.315 e. The van der Waals surface area contributed by atoms with Gasteiger partial charge in [0.15, 0.2) is 0 Å². The minimum absolute atomic E-state index is 0.319. The van der Waals surface area contributed by atoms with Crippen molar-refractivity contribution < 1.29 is 14.3 Å². The predicted octanol–water partition coefficient (Wildman–Crippen LogP) is 1.73. The number of primary amides is 1. The number of hydrogen-bond acceptors (Lipinski definition) is 3. The highest BCUT2D eigenvalue weighted by atomic mass is 16.5. The van der Waals surface area contributed by atoms with E-state index in [4.69, 9.17) is 10.5 Å². The van der Waals surface area contributed by atoms with Crippen molar-refractivity contribution in [2.24, 2.45) is 5.73 Å². The van der Waals surface area contributed by atoms with Gasteiger partial charge in [0.05, 0.1) is 7.11 Å².